The SMILES string of the molecule is C[C@@H]1CN(CCc2ccc(C3CC3)cn2)CCN1C(=O)OC(C)(C)C. The van der Waals surface area contributed by atoms with Crippen LogP contribution in [0.1, 0.15) is 57.7 Å². The Morgan fingerprint density at radius 2 is 2.04 bits per heavy atom. The average molecular weight is 345 g/mol. The summed E-state index contributed by atoms with van der Waals surface area (Å²) in [6, 6.07) is 4.59. The maximum Gasteiger partial charge on any atom is 0.410 e. The van der Waals surface area contributed by atoms with Crippen LogP contribution in [0.2, 0.25) is 0 Å². The van der Waals surface area contributed by atoms with Crippen molar-refractivity contribution in [2.75, 3.05) is 26.2 Å². The quantitative estimate of drug-likeness (QED) is 0.838. The lowest BCUT2D eigenvalue weighted by Crippen LogP contribution is -2.55. The van der Waals surface area contributed by atoms with E-state index in [0.29, 0.717) is 0 Å². The monoisotopic (exact) mass is 345 g/mol. The molecule has 5 heteroatoms. The van der Waals surface area contributed by atoms with Gasteiger partial charge < -0.3 is 9.64 Å². The molecule has 0 unspecified atom stereocenters. The van der Waals surface area contributed by atoms with Gasteiger partial charge in [0, 0.05) is 50.5 Å². The Morgan fingerprint density at radius 1 is 1.28 bits per heavy atom. The van der Waals surface area contributed by atoms with Crippen molar-refractivity contribution >= 4 is 6.09 Å². The lowest BCUT2D eigenvalue weighted by atomic mass is 10.1. The molecule has 1 aliphatic carbocycles. The highest BCUT2D eigenvalue weighted by atomic mass is 16.6. The van der Waals surface area contributed by atoms with Gasteiger partial charge in [-0.15, -0.1) is 0 Å². The lowest BCUT2D eigenvalue weighted by Gasteiger charge is -2.40. The summed E-state index contributed by atoms with van der Waals surface area (Å²) in [5.74, 6) is 0.767. The van der Waals surface area contributed by atoms with Crippen LogP contribution >= 0.6 is 0 Å². The van der Waals surface area contributed by atoms with Crippen molar-refractivity contribution in [3.8, 4) is 0 Å². The van der Waals surface area contributed by atoms with Gasteiger partial charge in [0.05, 0.1) is 0 Å². The molecule has 1 saturated carbocycles. The maximum absolute atomic E-state index is 12.3. The summed E-state index contributed by atoms with van der Waals surface area (Å²) < 4.78 is 5.51. The molecular weight excluding hydrogens is 314 g/mol. The van der Waals surface area contributed by atoms with Crippen molar-refractivity contribution in [2.45, 2.75) is 64.5 Å². The third-order valence-corrected chi connectivity index (χ3v) is 4.92. The van der Waals surface area contributed by atoms with Gasteiger partial charge in [0.25, 0.3) is 0 Å². The zero-order valence-electron chi connectivity index (χ0n) is 16.0. The first-order chi connectivity index (χ1) is 11.8. The van der Waals surface area contributed by atoms with Gasteiger partial charge in [-0.1, -0.05) is 6.07 Å². The van der Waals surface area contributed by atoms with Crippen molar-refractivity contribution in [2.24, 2.45) is 0 Å². The predicted molar refractivity (Wildman–Crippen MR) is 98.8 cm³/mol. The number of carbonyl (C=O) groups excluding carboxylic acids is 1. The van der Waals surface area contributed by atoms with Crippen LogP contribution in [-0.4, -0.2) is 58.7 Å². The molecule has 0 aromatic carbocycles. The van der Waals surface area contributed by atoms with Gasteiger partial charge in [0.1, 0.15) is 5.60 Å². The fraction of sp³-hybridized carbons (Fsp3) is 0.700. The van der Waals surface area contributed by atoms with E-state index in [2.05, 4.69) is 35.1 Å². The van der Waals surface area contributed by atoms with Crippen LogP contribution in [0.5, 0.6) is 0 Å². The second-order valence-electron chi connectivity index (χ2n) is 8.43. The standard InChI is InChI=1S/C20H31N3O2/c1-15-14-22(11-12-23(15)19(24)25-20(2,3)4)10-9-18-8-7-17(13-21-18)16-5-6-16/h7-8,13,15-16H,5-6,9-12,14H2,1-4H3/t15-/m1/s1. The third-order valence-electron chi connectivity index (χ3n) is 4.92. The smallest absolute Gasteiger partial charge is 0.410 e. The number of pyridine rings is 1. The van der Waals surface area contributed by atoms with Gasteiger partial charge in [0.15, 0.2) is 0 Å². The normalized spacial score (nSPS) is 22.1. The van der Waals surface area contributed by atoms with Crippen LogP contribution in [0.25, 0.3) is 0 Å². The van der Waals surface area contributed by atoms with E-state index in [0.717, 1.165) is 44.2 Å². The lowest BCUT2D eigenvalue weighted by molar-refractivity contribution is 0.00160. The number of piperazine rings is 1. The summed E-state index contributed by atoms with van der Waals surface area (Å²) in [5.41, 5.74) is 2.11. The molecule has 2 fully saturated rings. The molecule has 25 heavy (non-hydrogen) atoms. The van der Waals surface area contributed by atoms with Crippen molar-refractivity contribution in [3.05, 3.63) is 29.6 Å². The molecule has 3 rings (SSSR count). The first-order valence-electron chi connectivity index (χ1n) is 9.48. The van der Waals surface area contributed by atoms with Crippen molar-refractivity contribution in [3.63, 3.8) is 0 Å². The van der Waals surface area contributed by atoms with Crippen LogP contribution < -0.4 is 0 Å². The number of hydrogen-bond acceptors (Lipinski definition) is 4. The Balaban J connectivity index is 1.45. The maximum atomic E-state index is 12.3. The van der Waals surface area contributed by atoms with Crippen LogP contribution in [0.3, 0.4) is 0 Å². The van der Waals surface area contributed by atoms with E-state index in [-0.39, 0.29) is 12.1 Å². The summed E-state index contributed by atoms with van der Waals surface area (Å²) >= 11 is 0. The number of amides is 1. The largest absolute Gasteiger partial charge is 0.444 e. The van der Waals surface area contributed by atoms with Gasteiger partial charge in [0.2, 0.25) is 0 Å². The Hall–Kier alpha value is -1.62. The van der Waals surface area contributed by atoms with E-state index in [1.54, 1.807) is 0 Å². The van der Waals surface area contributed by atoms with E-state index >= 15 is 0 Å². The Kier molecular flexibility index (Phi) is 5.32. The molecule has 1 saturated heterocycles. The first-order valence-corrected chi connectivity index (χ1v) is 9.48. The molecule has 1 aromatic heterocycles. The van der Waals surface area contributed by atoms with E-state index in [1.165, 1.54) is 18.4 Å². The van der Waals surface area contributed by atoms with Gasteiger partial charge in [-0.05, 0) is 58.1 Å². The van der Waals surface area contributed by atoms with Gasteiger partial charge >= 0.3 is 6.09 Å². The summed E-state index contributed by atoms with van der Waals surface area (Å²) in [4.78, 5) is 21.2. The molecule has 0 radical (unpaired) electrons. The van der Waals surface area contributed by atoms with Crippen LogP contribution in [-0.2, 0) is 11.2 Å². The highest BCUT2D eigenvalue weighted by Crippen LogP contribution is 2.39. The number of rotatable bonds is 4. The number of nitrogens with zero attached hydrogens (tertiary/aromatic N) is 3. The molecule has 1 atom stereocenters. The average Bonchev–Trinajstić information content (AvgIpc) is 3.36. The molecule has 1 aliphatic heterocycles. The van der Waals surface area contributed by atoms with Crippen molar-refractivity contribution in [1.29, 1.82) is 0 Å². The highest BCUT2D eigenvalue weighted by molar-refractivity contribution is 5.68. The minimum Gasteiger partial charge on any atom is -0.444 e. The number of hydrogen-bond donors (Lipinski definition) is 0. The van der Waals surface area contributed by atoms with Crippen molar-refractivity contribution < 1.29 is 9.53 Å². The summed E-state index contributed by atoms with van der Waals surface area (Å²) in [5, 5.41) is 0. The van der Waals surface area contributed by atoms with Crippen LogP contribution in [0.4, 0.5) is 4.79 Å². The Bertz CT molecular complexity index is 590. The summed E-state index contributed by atoms with van der Waals surface area (Å²) in [7, 11) is 0. The number of ether oxygens (including phenoxy) is 1. The van der Waals surface area contributed by atoms with E-state index in [1.807, 2.05) is 25.7 Å². The minimum absolute atomic E-state index is 0.175. The Morgan fingerprint density at radius 3 is 2.60 bits per heavy atom. The molecule has 0 spiro atoms. The van der Waals surface area contributed by atoms with E-state index in [9.17, 15) is 4.79 Å². The minimum atomic E-state index is -0.438. The molecule has 0 bridgehead atoms. The number of carbonyl (C=O) groups is 1. The summed E-state index contributed by atoms with van der Waals surface area (Å²) in [6.45, 7) is 11.3. The topological polar surface area (TPSA) is 45.7 Å². The predicted octanol–water partition coefficient (Wildman–Crippen LogP) is 3.44. The molecular formula is C20H31N3O2. The fourth-order valence-corrected chi connectivity index (χ4v) is 3.34. The first kappa shape index (κ1) is 18.2. The number of aromatic nitrogens is 1. The molecule has 0 N–H and O–H groups in total. The van der Waals surface area contributed by atoms with Crippen LogP contribution in [0, 0.1) is 0 Å². The molecule has 2 aliphatic rings. The molecule has 2 heterocycles. The molecule has 5 nitrogen and oxygen atoms in total. The zero-order chi connectivity index (χ0) is 18.0. The summed E-state index contributed by atoms with van der Waals surface area (Å²) in [6.07, 6.45) is 5.46. The van der Waals surface area contributed by atoms with Gasteiger partial charge in [-0.25, -0.2) is 4.79 Å². The second kappa shape index (κ2) is 7.32. The van der Waals surface area contributed by atoms with Crippen molar-refractivity contribution in [1.82, 2.24) is 14.8 Å². The van der Waals surface area contributed by atoms with E-state index < -0.39 is 5.60 Å². The highest BCUT2D eigenvalue weighted by Gasteiger charge is 2.30. The van der Waals surface area contributed by atoms with Crippen LogP contribution in [0.15, 0.2) is 18.3 Å². The third kappa shape index (κ3) is 5.18. The molecule has 138 valence electrons. The Labute approximate surface area is 151 Å². The van der Waals surface area contributed by atoms with E-state index in [4.69, 9.17) is 4.74 Å². The zero-order valence-corrected chi connectivity index (χ0v) is 16.0. The van der Waals surface area contributed by atoms with Gasteiger partial charge in [-0.3, -0.25) is 9.88 Å². The molecule has 1 amide bonds. The molecule has 1 aromatic rings. The second-order valence-corrected chi connectivity index (χ2v) is 8.43. The fourth-order valence-electron chi connectivity index (χ4n) is 3.34. The van der Waals surface area contributed by atoms with Gasteiger partial charge in [-0.2, -0.15) is 0 Å².